The summed E-state index contributed by atoms with van der Waals surface area (Å²) in [5.74, 6) is 0.870. The van der Waals surface area contributed by atoms with Crippen molar-refractivity contribution in [3.8, 4) is 11.6 Å². The molecular weight excluding hydrogens is 328 g/mol. The van der Waals surface area contributed by atoms with Gasteiger partial charge in [0.1, 0.15) is 5.75 Å². The highest BCUT2D eigenvalue weighted by molar-refractivity contribution is 5.28. The number of nitrogens with one attached hydrogen (secondary N) is 1. The van der Waals surface area contributed by atoms with E-state index in [9.17, 15) is 9.90 Å². The zero-order valence-corrected chi connectivity index (χ0v) is 15.2. The largest absolute Gasteiger partial charge is 0.497 e. The molecule has 1 aromatic heterocycles. The van der Waals surface area contributed by atoms with Crippen LogP contribution in [0.4, 0.5) is 0 Å². The standard InChI is InChI=1S/C21H24N2O3/c1-15-6-8-17(9-7-15)14-23-20(24)19(22-21(23)25)5-3-4-16-10-12-18(26-2)13-11-16/h6-13,24H,3-5,14H2,1-2H3,(H,22,25). The second kappa shape index (κ2) is 7.95. The number of imidazole rings is 1. The maximum atomic E-state index is 12.2. The van der Waals surface area contributed by atoms with Gasteiger partial charge in [-0.25, -0.2) is 4.79 Å². The molecule has 0 aliphatic rings. The van der Waals surface area contributed by atoms with Gasteiger partial charge in [0.25, 0.3) is 0 Å². The van der Waals surface area contributed by atoms with Crippen LogP contribution in [0.25, 0.3) is 0 Å². The Morgan fingerprint density at radius 1 is 1.00 bits per heavy atom. The van der Waals surface area contributed by atoms with Gasteiger partial charge in [-0.1, -0.05) is 42.0 Å². The van der Waals surface area contributed by atoms with Crippen LogP contribution in [-0.2, 0) is 19.4 Å². The Balaban J connectivity index is 1.63. The number of hydrogen-bond acceptors (Lipinski definition) is 3. The molecule has 3 aromatic rings. The summed E-state index contributed by atoms with van der Waals surface area (Å²) >= 11 is 0. The smallest absolute Gasteiger partial charge is 0.328 e. The molecule has 0 atom stereocenters. The monoisotopic (exact) mass is 352 g/mol. The quantitative estimate of drug-likeness (QED) is 0.685. The summed E-state index contributed by atoms with van der Waals surface area (Å²) in [6, 6.07) is 15.9. The minimum Gasteiger partial charge on any atom is -0.497 e. The molecule has 0 amide bonds. The summed E-state index contributed by atoms with van der Waals surface area (Å²) in [5, 5.41) is 10.4. The number of H-pyrrole nitrogens is 1. The number of methoxy groups -OCH3 is 1. The third-order valence-corrected chi connectivity index (χ3v) is 4.54. The fourth-order valence-electron chi connectivity index (χ4n) is 2.97. The second-order valence-electron chi connectivity index (χ2n) is 6.51. The molecule has 1 heterocycles. The van der Waals surface area contributed by atoms with E-state index in [4.69, 9.17) is 4.74 Å². The van der Waals surface area contributed by atoms with Gasteiger partial charge in [-0.3, -0.25) is 4.57 Å². The van der Waals surface area contributed by atoms with Crippen molar-refractivity contribution in [3.05, 3.63) is 81.4 Å². The maximum absolute atomic E-state index is 12.2. The van der Waals surface area contributed by atoms with Crippen molar-refractivity contribution in [2.24, 2.45) is 0 Å². The zero-order valence-electron chi connectivity index (χ0n) is 15.2. The molecule has 0 aliphatic heterocycles. The average Bonchev–Trinajstić information content (AvgIpc) is 2.92. The summed E-state index contributed by atoms with van der Waals surface area (Å²) < 4.78 is 6.54. The highest BCUT2D eigenvalue weighted by atomic mass is 16.5. The Labute approximate surface area is 152 Å². The Kier molecular flexibility index (Phi) is 5.46. The second-order valence-corrected chi connectivity index (χ2v) is 6.51. The van der Waals surface area contributed by atoms with Gasteiger partial charge < -0.3 is 14.8 Å². The number of aryl methyl sites for hydroxylation is 3. The third kappa shape index (κ3) is 4.17. The van der Waals surface area contributed by atoms with Gasteiger partial charge in [0.05, 0.1) is 19.3 Å². The third-order valence-electron chi connectivity index (χ3n) is 4.54. The minimum atomic E-state index is -0.275. The first-order chi connectivity index (χ1) is 12.6. The Hall–Kier alpha value is -2.95. The molecule has 5 nitrogen and oxygen atoms in total. The summed E-state index contributed by atoms with van der Waals surface area (Å²) in [4.78, 5) is 15.0. The topological polar surface area (TPSA) is 67.2 Å². The number of nitrogens with zero attached hydrogens (tertiary/aromatic N) is 1. The number of ether oxygens (including phenoxy) is 1. The molecule has 0 saturated heterocycles. The molecule has 3 rings (SSSR count). The van der Waals surface area contributed by atoms with E-state index in [0.29, 0.717) is 18.7 Å². The molecule has 0 fully saturated rings. The lowest BCUT2D eigenvalue weighted by atomic mass is 10.1. The summed E-state index contributed by atoms with van der Waals surface area (Å²) in [6.07, 6.45) is 2.33. The average molecular weight is 352 g/mol. The van der Waals surface area contributed by atoms with E-state index >= 15 is 0 Å². The van der Waals surface area contributed by atoms with E-state index in [1.165, 1.54) is 15.7 Å². The summed E-state index contributed by atoms with van der Waals surface area (Å²) in [6.45, 7) is 2.38. The van der Waals surface area contributed by atoms with Crippen LogP contribution in [0.1, 0.15) is 28.8 Å². The molecule has 0 saturated carbocycles. The highest BCUT2D eigenvalue weighted by Gasteiger charge is 2.13. The van der Waals surface area contributed by atoms with Crippen molar-refractivity contribution in [2.75, 3.05) is 7.11 Å². The lowest BCUT2D eigenvalue weighted by Crippen LogP contribution is -2.17. The van der Waals surface area contributed by atoms with Gasteiger partial charge in [-0.2, -0.15) is 0 Å². The minimum absolute atomic E-state index is 0.0327. The lowest BCUT2D eigenvalue weighted by molar-refractivity contribution is 0.414. The Morgan fingerprint density at radius 3 is 2.31 bits per heavy atom. The van der Waals surface area contributed by atoms with Crippen LogP contribution < -0.4 is 10.4 Å². The zero-order chi connectivity index (χ0) is 18.5. The van der Waals surface area contributed by atoms with Crippen LogP contribution in [0, 0.1) is 6.92 Å². The van der Waals surface area contributed by atoms with E-state index in [0.717, 1.165) is 24.2 Å². The van der Waals surface area contributed by atoms with Crippen molar-refractivity contribution >= 4 is 0 Å². The fourth-order valence-corrected chi connectivity index (χ4v) is 2.97. The maximum Gasteiger partial charge on any atom is 0.328 e. The Morgan fingerprint density at radius 2 is 1.65 bits per heavy atom. The molecule has 0 unspecified atom stereocenters. The number of benzene rings is 2. The molecule has 0 bridgehead atoms. The molecule has 0 aliphatic carbocycles. The van der Waals surface area contributed by atoms with Gasteiger partial charge in [-0.15, -0.1) is 0 Å². The highest BCUT2D eigenvalue weighted by Crippen LogP contribution is 2.18. The van der Waals surface area contributed by atoms with Gasteiger partial charge in [-0.05, 0) is 49.4 Å². The number of aromatic nitrogens is 2. The fraction of sp³-hybridized carbons (Fsp3) is 0.286. The van der Waals surface area contributed by atoms with E-state index in [2.05, 4.69) is 4.98 Å². The molecule has 0 radical (unpaired) electrons. The molecular formula is C21H24N2O3. The molecule has 5 heteroatoms. The van der Waals surface area contributed by atoms with Crippen LogP contribution in [0.2, 0.25) is 0 Å². The first-order valence-corrected chi connectivity index (χ1v) is 8.76. The SMILES string of the molecule is COc1ccc(CCCc2[nH]c(=O)n(Cc3ccc(C)cc3)c2O)cc1. The van der Waals surface area contributed by atoms with E-state index in [-0.39, 0.29) is 11.6 Å². The number of hydrogen-bond donors (Lipinski definition) is 2. The van der Waals surface area contributed by atoms with E-state index in [1.54, 1.807) is 7.11 Å². The van der Waals surface area contributed by atoms with Crippen LogP contribution in [0.5, 0.6) is 11.6 Å². The van der Waals surface area contributed by atoms with Crippen molar-refractivity contribution < 1.29 is 9.84 Å². The number of aromatic hydroxyl groups is 1. The summed E-state index contributed by atoms with van der Waals surface area (Å²) in [7, 11) is 1.65. The molecule has 2 aromatic carbocycles. The number of aromatic amines is 1. The van der Waals surface area contributed by atoms with E-state index < -0.39 is 0 Å². The predicted octanol–water partition coefficient (Wildman–Crippen LogP) is 3.42. The predicted molar refractivity (Wildman–Crippen MR) is 102 cm³/mol. The molecule has 26 heavy (non-hydrogen) atoms. The molecule has 0 spiro atoms. The van der Waals surface area contributed by atoms with Crippen molar-refractivity contribution in [2.45, 2.75) is 32.7 Å². The normalized spacial score (nSPS) is 10.8. The van der Waals surface area contributed by atoms with Crippen LogP contribution in [0.3, 0.4) is 0 Å². The Bertz CT molecular complexity index is 906. The van der Waals surface area contributed by atoms with Crippen LogP contribution >= 0.6 is 0 Å². The van der Waals surface area contributed by atoms with Crippen molar-refractivity contribution in [1.82, 2.24) is 9.55 Å². The first kappa shape index (κ1) is 17.9. The van der Waals surface area contributed by atoms with Crippen molar-refractivity contribution in [3.63, 3.8) is 0 Å². The molecule has 136 valence electrons. The first-order valence-electron chi connectivity index (χ1n) is 8.76. The van der Waals surface area contributed by atoms with Crippen molar-refractivity contribution in [1.29, 1.82) is 0 Å². The van der Waals surface area contributed by atoms with E-state index in [1.807, 2.05) is 55.5 Å². The van der Waals surface area contributed by atoms with Gasteiger partial charge >= 0.3 is 5.69 Å². The van der Waals surface area contributed by atoms with Gasteiger partial charge in [0.2, 0.25) is 5.88 Å². The van der Waals surface area contributed by atoms with Gasteiger partial charge in [0.15, 0.2) is 0 Å². The number of rotatable bonds is 7. The lowest BCUT2D eigenvalue weighted by Gasteiger charge is -2.05. The summed E-state index contributed by atoms with van der Waals surface area (Å²) in [5.41, 5.74) is 3.67. The van der Waals surface area contributed by atoms with Crippen LogP contribution in [-0.4, -0.2) is 21.8 Å². The van der Waals surface area contributed by atoms with Gasteiger partial charge in [0, 0.05) is 0 Å². The molecule has 2 N–H and O–H groups in total. The van der Waals surface area contributed by atoms with Crippen LogP contribution in [0.15, 0.2) is 53.3 Å².